The van der Waals surface area contributed by atoms with E-state index >= 15 is 0 Å². The van der Waals surface area contributed by atoms with Crippen molar-refractivity contribution in [1.29, 1.82) is 0 Å². The van der Waals surface area contributed by atoms with Gasteiger partial charge in [0, 0.05) is 12.8 Å². The monoisotopic (exact) mass is 902 g/mol. The van der Waals surface area contributed by atoms with Crippen LogP contribution in [0.3, 0.4) is 0 Å². The lowest BCUT2D eigenvalue weighted by Crippen LogP contribution is -2.45. The summed E-state index contributed by atoms with van der Waals surface area (Å²) in [5.74, 6) is -0.0985. The van der Waals surface area contributed by atoms with Crippen LogP contribution in [0.15, 0.2) is 24.3 Å². The summed E-state index contributed by atoms with van der Waals surface area (Å²) in [5.41, 5.74) is 0. The lowest BCUT2D eigenvalue weighted by Gasteiger charge is -2.22. The summed E-state index contributed by atoms with van der Waals surface area (Å²) in [4.78, 5) is 24.6. The molecule has 0 aromatic heterocycles. The van der Waals surface area contributed by atoms with Crippen molar-refractivity contribution in [2.24, 2.45) is 0 Å². The molecular formula is C58H111NO5. The zero-order chi connectivity index (χ0) is 46.5. The Bertz CT molecular complexity index is 997. The first-order chi connectivity index (χ1) is 31.5. The van der Waals surface area contributed by atoms with Gasteiger partial charge in [-0.2, -0.15) is 0 Å². The fourth-order valence-electron chi connectivity index (χ4n) is 8.85. The summed E-state index contributed by atoms with van der Waals surface area (Å²) in [6.45, 7) is 4.88. The van der Waals surface area contributed by atoms with Crippen molar-refractivity contribution in [1.82, 2.24) is 5.32 Å². The van der Waals surface area contributed by atoms with E-state index in [1.165, 1.54) is 205 Å². The van der Waals surface area contributed by atoms with Gasteiger partial charge in [0.1, 0.15) is 0 Å². The molecule has 0 aliphatic heterocycles. The second kappa shape index (κ2) is 54.0. The van der Waals surface area contributed by atoms with E-state index in [9.17, 15) is 19.8 Å². The topological polar surface area (TPSA) is 95.9 Å². The van der Waals surface area contributed by atoms with E-state index in [1.54, 1.807) is 0 Å². The first-order valence-electron chi connectivity index (χ1n) is 28.6. The number of aliphatic hydroxyl groups excluding tert-OH is 2. The number of carbonyl (C=O) groups excluding carboxylic acids is 2. The number of aliphatic hydroxyl groups is 2. The van der Waals surface area contributed by atoms with Gasteiger partial charge < -0.3 is 20.3 Å². The highest BCUT2D eigenvalue weighted by Crippen LogP contribution is 2.17. The molecule has 0 radical (unpaired) electrons. The Balaban J connectivity index is 3.48. The van der Waals surface area contributed by atoms with Crippen LogP contribution in [0.5, 0.6) is 0 Å². The number of carbonyl (C=O) groups is 2. The smallest absolute Gasteiger partial charge is 0.305 e. The second-order valence-electron chi connectivity index (χ2n) is 19.6. The Morgan fingerprint density at radius 3 is 1.20 bits per heavy atom. The van der Waals surface area contributed by atoms with Gasteiger partial charge in [-0.25, -0.2) is 0 Å². The molecular weight excluding hydrogens is 791 g/mol. The van der Waals surface area contributed by atoms with E-state index < -0.39 is 12.1 Å². The molecule has 0 bridgehead atoms. The van der Waals surface area contributed by atoms with E-state index in [0.29, 0.717) is 25.9 Å². The number of rotatable bonds is 53. The Morgan fingerprint density at radius 2 is 0.781 bits per heavy atom. The second-order valence-corrected chi connectivity index (χ2v) is 19.6. The lowest BCUT2D eigenvalue weighted by atomic mass is 10.0. The van der Waals surface area contributed by atoms with Crippen LogP contribution in [-0.4, -0.2) is 47.4 Å². The molecule has 0 fully saturated rings. The molecule has 6 heteroatoms. The molecule has 1 amide bonds. The van der Waals surface area contributed by atoms with Gasteiger partial charge in [0.05, 0.1) is 25.4 Å². The van der Waals surface area contributed by atoms with Crippen molar-refractivity contribution >= 4 is 11.9 Å². The minimum atomic E-state index is -0.684. The standard InChI is InChI=1S/C58H111NO5/c1-3-5-7-9-11-13-15-17-19-21-22-23-24-25-26-27-29-31-34-38-42-46-50-56(61)55(54-60)59-57(62)51-47-43-39-35-33-37-41-45-49-53-64-58(63)52-48-44-40-36-32-30-28-20-18-16-14-12-10-8-6-4-2/h14,16,20,28,55-56,60-61H,3-13,15,17-19,21-27,29-54H2,1-2H3,(H,59,62)/b16-14-,28-20-. The predicted molar refractivity (Wildman–Crippen MR) is 278 cm³/mol. The summed E-state index contributed by atoms with van der Waals surface area (Å²) in [6, 6.07) is -0.564. The third-order valence-electron chi connectivity index (χ3n) is 13.3. The summed E-state index contributed by atoms with van der Waals surface area (Å²) in [5, 5.41) is 23.3. The highest BCUT2D eigenvalue weighted by atomic mass is 16.5. The van der Waals surface area contributed by atoms with Crippen LogP contribution in [-0.2, 0) is 14.3 Å². The van der Waals surface area contributed by atoms with Crippen LogP contribution >= 0.6 is 0 Å². The molecule has 0 saturated heterocycles. The molecule has 0 spiro atoms. The first kappa shape index (κ1) is 62.3. The third kappa shape index (κ3) is 49.8. The van der Waals surface area contributed by atoms with E-state index in [4.69, 9.17) is 4.74 Å². The van der Waals surface area contributed by atoms with Crippen molar-refractivity contribution in [3.8, 4) is 0 Å². The molecule has 2 unspecified atom stereocenters. The summed E-state index contributed by atoms with van der Waals surface area (Å²) in [7, 11) is 0. The predicted octanol–water partition coefficient (Wildman–Crippen LogP) is 17.5. The Labute approximate surface area is 399 Å². The van der Waals surface area contributed by atoms with E-state index in [0.717, 1.165) is 70.6 Å². The van der Waals surface area contributed by atoms with Crippen LogP contribution in [0.1, 0.15) is 309 Å². The molecule has 0 aromatic carbocycles. The zero-order valence-electron chi connectivity index (χ0n) is 43.0. The number of unbranched alkanes of at least 4 members (excludes halogenated alkanes) is 38. The SMILES string of the molecule is CCCCCC/C=C\C/C=C\CCCCCCCC(=O)OCCCCCCCCCCCC(=O)NC(CO)C(O)CCCCCCCCCCCCCCCCCCCCCCCC. The fraction of sp³-hybridized carbons (Fsp3) is 0.897. The maximum Gasteiger partial charge on any atom is 0.305 e. The van der Waals surface area contributed by atoms with Gasteiger partial charge in [0.25, 0.3) is 0 Å². The van der Waals surface area contributed by atoms with Crippen LogP contribution < -0.4 is 5.32 Å². The number of esters is 1. The summed E-state index contributed by atoms with van der Waals surface area (Å²) >= 11 is 0. The van der Waals surface area contributed by atoms with Crippen LogP contribution in [0.25, 0.3) is 0 Å². The Hall–Kier alpha value is -1.66. The molecule has 64 heavy (non-hydrogen) atoms. The first-order valence-corrected chi connectivity index (χ1v) is 28.6. The van der Waals surface area contributed by atoms with Crippen LogP contribution in [0, 0.1) is 0 Å². The number of hydrogen-bond acceptors (Lipinski definition) is 5. The average molecular weight is 903 g/mol. The molecule has 2 atom stereocenters. The van der Waals surface area contributed by atoms with Gasteiger partial charge in [0.2, 0.25) is 5.91 Å². The van der Waals surface area contributed by atoms with Gasteiger partial charge in [-0.15, -0.1) is 0 Å². The highest BCUT2D eigenvalue weighted by molar-refractivity contribution is 5.76. The van der Waals surface area contributed by atoms with Crippen molar-refractivity contribution < 1.29 is 24.5 Å². The minimum Gasteiger partial charge on any atom is -0.466 e. The maximum atomic E-state index is 12.5. The van der Waals surface area contributed by atoms with Gasteiger partial charge in [0.15, 0.2) is 0 Å². The molecule has 0 rings (SSSR count). The molecule has 0 saturated carbocycles. The molecule has 0 heterocycles. The third-order valence-corrected chi connectivity index (χ3v) is 13.3. The van der Waals surface area contributed by atoms with Crippen molar-refractivity contribution in [3.05, 3.63) is 24.3 Å². The maximum absolute atomic E-state index is 12.5. The van der Waals surface area contributed by atoms with Gasteiger partial charge in [-0.1, -0.05) is 263 Å². The van der Waals surface area contributed by atoms with Gasteiger partial charge >= 0.3 is 5.97 Å². The molecule has 3 N–H and O–H groups in total. The van der Waals surface area contributed by atoms with Gasteiger partial charge in [-0.3, -0.25) is 9.59 Å². The number of ether oxygens (including phenoxy) is 1. The lowest BCUT2D eigenvalue weighted by molar-refractivity contribution is -0.143. The molecule has 0 aliphatic carbocycles. The quantitative estimate of drug-likeness (QED) is 0.0321. The van der Waals surface area contributed by atoms with E-state index in [-0.39, 0.29) is 18.5 Å². The summed E-state index contributed by atoms with van der Waals surface area (Å²) in [6.07, 6.45) is 64.5. The number of allylic oxidation sites excluding steroid dienone is 4. The number of amides is 1. The Morgan fingerprint density at radius 1 is 0.438 bits per heavy atom. The largest absolute Gasteiger partial charge is 0.466 e. The summed E-state index contributed by atoms with van der Waals surface area (Å²) < 4.78 is 5.45. The van der Waals surface area contributed by atoms with Crippen molar-refractivity contribution in [3.63, 3.8) is 0 Å². The highest BCUT2D eigenvalue weighted by Gasteiger charge is 2.20. The van der Waals surface area contributed by atoms with Crippen molar-refractivity contribution in [2.45, 2.75) is 321 Å². The molecule has 378 valence electrons. The average Bonchev–Trinajstić information content (AvgIpc) is 3.29. The van der Waals surface area contributed by atoms with Gasteiger partial charge in [-0.05, 0) is 57.8 Å². The Kier molecular flexibility index (Phi) is 52.6. The number of nitrogens with one attached hydrogen (secondary N) is 1. The van der Waals surface area contributed by atoms with Crippen LogP contribution in [0.2, 0.25) is 0 Å². The van der Waals surface area contributed by atoms with Crippen molar-refractivity contribution in [2.75, 3.05) is 13.2 Å². The molecule has 0 aliphatic rings. The van der Waals surface area contributed by atoms with E-state index in [1.807, 2.05) is 0 Å². The van der Waals surface area contributed by atoms with E-state index in [2.05, 4.69) is 43.5 Å². The zero-order valence-corrected chi connectivity index (χ0v) is 43.0. The normalized spacial score (nSPS) is 12.8. The molecule has 6 nitrogen and oxygen atoms in total. The number of hydrogen-bond donors (Lipinski definition) is 3. The fourth-order valence-corrected chi connectivity index (χ4v) is 8.85. The van der Waals surface area contributed by atoms with Crippen LogP contribution in [0.4, 0.5) is 0 Å². The molecule has 0 aromatic rings. The minimum absolute atomic E-state index is 0.0375.